The first kappa shape index (κ1) is 8.59. The van der Waals surface area contributed by atoms with Crippen molar-refractivity contribution in [3.8, 4) is 0 Å². The number of nitrogens with zero attached hydrogens (tertiary/aromatic N) is 1. The van der Waals surface area contributed by atoms with Crippen molar-refractivity contribution in [3.05, 3.63) is 38.5 Å². The summed E-state index contributed by atoms with van der Waals surface area (Å²) >= 11 is 3.44. The van der Waals surface area contributed by atoms with Crippen LogP contribution in [0.2, 0.25) is 0 Å². The van der Waals surface area contributed by atoms with Crippen LogP contribution in [0.25, 0.3) is 0 Å². The number of thiazole rings is 1. The van der Waals surface area contributed by atoms with E-state index in [1.807, 2.05) is 16.8 Å². The first-order valence-electron chi connectivity index (χ1n) is 4.51. The maximum absolute atomic E-state index is 5.76. The SMILES string of the molecule is c1nc(C2OCCc3sccc32)cs1. The highest BCUT2D eigenvalue weighted by molar-refractivity contribution is 7.10. The van der Waals surface area contributed by atoms with Crippen LogP contribution >= 0.6 is 22.7 Å². The maximum atomic E-state index is 5.76. The second-order valence-corrected chi connectivity index (χ2v) is 4.93. The van der Waals surface area contributed by atoms with E-state index < -0.39 is 0 Å². The third-order valence-corrected chi connectivity index (χ3v) is 4.00. The Bertz CT molecular complexity index is 421. The van der Waals surface area contributed by atoms with Crippen LogP contribution in [0, 0.1) is 0 Å². The number of hydrogen-bond donors (Lipinski definition) is 0. The van der Waals surface area contributed by atoms with Gasteiger partial charge in [-0.15, -0.1) is 22.7 Å². The molecule has 1 unspecified atom stereocenters. The molecule has 3 rings (SSSR count). The van der Waals surface area contributed by atoms with Crippen molar-refractivity contribution in [3.63, 3.8) is 0 Å². The van der Waals surface area contributed by atoms with Gasteiger partial charge in [0, 0.05) is 22.2 Å². The molecule has 0 saturated heterocycles. The second kappa shape index (κ2) is 3.46. The van der Waals surface area contributed by atoms with Crippen LogP contribution in [0.3, 0.4) is 0 Å². The van der Waals surface area contributed by atoms with Crippen molar-refractivity contribution < 1.29 is 4.74 Å². The Morgan fingerprint density at radius 2 is 2.50 bits per heavy atom. The van der Waals surface area contributed by atoms with Crippen LogP contribution in [-0.4, -0.2) is 11.6 Å². The molecule has 2 aromatic rings. The molecule has 0 aromatic carbocycles. The topological polar surface area (TPSA) is 22.1 Å². The summed E-state index contributed by atoms with van der Waals surface area (Å²) in [4.78, 5) is 5.77. The predicted octanol–water partition coefficient (Wildman–Crippen LogP) is 2.87. The summed E-state index contributed by atoms with van der Waals surface area (Å²) in [5, 5.41) is 4.20. The maximum Gasteiger partial charge on any atom is 0.126 e. The molecule has 0 spiro atoms. The van der Waals surface area contributed by atoms with E-state index in [0.29, 0.717) is 0 Å². The van der Waals surface area contributed by atoms with Crippen LogP contribution < -0.4 is 0 Å². The van der Waals surface area contributed by atoms with E-state index in [2.05, 4.69) is 21.8 Å². The van der Waals surface area contributed by atoms with E-state index in [-0.39, 0.29) is 6.10 Å². The Kier molecular flexibility index (Phi) is 2.12. The van der Waals surface area contributed by atoms with Gasteiger partial charge in [-0.1, -0.05) is 0 Å². The number of aromatic nitrogens is 1. The van der Waals surface area contributed by atoms with Crippen molar-refractivity contribution in [2.75, 3.05) is 6.61 Å². The van der Waals surface area contributed by atoms with Crippen LogP contribution in [-0.2, 0) is 11.2 Å². The van der Waals surface area contributed by atoms with Gasteiger partial charge in [-0.05, 0) is 11.4 Å². The molecule has 0 radical (unpaired) electrons. The lowest BCUT2D eigenvalue weighted by molar-refractivity contribution is 0.0688. The smallest absolute Gasteiger partial charge is 0.126 e. The van der Waals surface area contributed by atoms with Gasteiger partial charge in [-0.2, -0.15) is 0 Å². The summed E-state index contributed by atoms with van der Waals surface area (Å²) in [7, 11) is 0. The fourth-order valence-corrected chi connectivity index (χ4v) is 3.20. The number of thiophene rings is 1. The number of ether oxygens (including phenoxy) is 1. The lowest BCUT2D eigenvalue weighted by atomic mass is 10.0. The molecule has 0 N–H and O–H groups in total. The molecule has 3 heterocycles. The van der Waals surface area contributed by atoms with Gasteiger partial charge in [0.1, 0.15) is 6.10 Å². The molecule has 2 aromatic heterocycles. The van der Waals surface area contributed by atoms with Crippen LogP contribution in [0.15, 0.2) is 22.3 Å². The molecule has 1 aliphatic heterocycles. The molecule has 14 heavy (non-hydrogen) atoms. The summed E-state index contributed by atoms with van der Waals surface area (Å²) < 4.78 is 5.76. The van der Waals surface area contributed by atoms with E-state index in [1.165, 1.54) is 10.4 Å². The third kappa shape index (κ3) is 1.30. The lowest BCUT2D eigenvalue weighted by Crippen LogP contribution is -2.15. The molecule has 1 aliphatic rings. The summed E-state index contributed by atoms with van der Waals surface area (Å²) in [6, 6.07) is 2.16. The quantitative estimate of drug-likeness (QED) is 0.741. The second-order valence-electron chi connectivity index (χ2n) is 3.21. The minimum Gasteiger partial charge on any atom is -0.367 e. The monoisotopic (exact) mass is 223 g/mol. The molecule has 2 nitrogen and oxygen atoms in total. The summed E-state index contributed by atoms with van der Waals surface area (Å²) in [6.45, 7) is 0.815. The van der Waals surface area contributed by atoms with Crippen molar-refractivity contribution in [2.45, 2.75) is 12.5 Å². The van der Waals surface area contributed by atoms with Gasteiger partial charge in [-0.3, -0.25) is 0 Å². The Labute approximate surface area is 90.2 Å². The van der Waals surface area contributed by atoms with Crippen molar-refractivity contribution in [1.82, 2.24) is 4.98 Å². The first-order valence-corrected chi connectivity index (χ1v) is 6.33. The Morgan fingerprint density at radius 3 is 3.36 bits per heavy atom. The zero-order valence-corrected chi connectivity index (χ0v) is 9.11. The van der Waals surface area contributed by atoms with Gasteiger partial charge < -0.3 is 4.74 Å². The molecule has 0 fully saturated rings. The van der Waals surface area contributed by atoms with Gasteiger partial charge in [0.05, 0.1) is 17.8 Å². The van der Waals surface area contributed by atoms with Gasteiger partial charge >= 0.3 is 0 Å². The molecular formula is C10H9NOS2. The molecule has 0 saturated carbocycles. The van der Waals surface area contributed by atoms with Crippen LogP contribution in [0.4, 0.5) is 0 Å². The molecule has 0 amide bonds. The minimum atomic E-state index is 0.0799. The largest absolute Gasteiger partial charge is 0.367 e. The highest BCUT2D eigenvalue weighted by Gasteiger charge is 2.24. The van der Waals surface area contributed by atoms with Crippen molar-refractivity contribution in [1.29, 1.82) is 0 Å². The highest BCUT2D eigenvalue weighted by Crippen LogP contribution is 2.35. The predicted molar refractivity (Wildman–Crippen MR) is 57.9 cm³/mol. The van der Waals surface area contributed by atoms with E-state index >= 15 is 0 Å². The number of fused-ring (bicyclic) bond motifs is 1. The molecule has 1 atom stereocenters. The van der Waals surface area contributed by atoms with E-state index in [1.54, 1.807) is 11.3 Å². The summed E-state index contributed by atoms with van der Waals surface area (Å²) in [6.07, 6.45) is 1.13. The van der Waals surface area contributed by atoms with Crippen LogP contribution in [0.5, 0.6) is 0 Å². The van der Waals surface area contributed by atoms with Gasteiger partial charge in [-0.25, -0.2) is 4.98 Å². The van der Waals surface area contributed by atoms with E-state index in [9.17, 15) is 0 Å². The molecular weight excluding hydrogens is 214 g/mol. The summed E-state index contributed by atoms with van der Waals surface area (Å²) in [5.41, 5.74) is 4.22. The van der Waals surface area contributed by atoms with Gasteiger partial charge in [0.2, 0.25) is 0 Å². The lowest BCUT2D eigenvalue weighted by Gasteiger charge is -2.21. The zero-order valence-electron chi connectivity index (χ0n) is 7.47. The van der Waals surface area contributed by atoms with E-state index in [0.717, 1.165) is 18.7 Å². The number of hydrogen-bond acceptors (Lipinski definition) is 4. The van der Waals surface area contributed by atoms with Crippen molar-refractivity contribution >= 4 is 22.7 Å². The fraction of sp³-hybridized carbons (Fsp3) is 0.300. The average molecular weight is 223 g/mol. The summed E-state index contributed by atoms with van der Waals surface area (Å²) in [5.74, 6) is 0. The number of rotatable bonds is 1. The normalized spacial score (nSPS) is 20.7. The molecule has 0 bridgehead atoms. The minimum absolute atomic E-state index is 0.0799. The standard InChI is InChI=1S/C10H9NOS2/c1-3-12-10(8-5-13-6-11-8)7-2-4-14-9(1)7/h2,4-6,10H,1,3H2. The van der Waals surface area contributed by atoms with E-state index in [4.69, 9.17) is 4.74 Å². The fourth-order valence-electron chi connectivity index (χ4n) is 1.74. The highest BCUT2D eigenvalue weighted by atomic mass is 32.1. The average Bonchev–Trinajstić information content (AvgIpc) is 2.88. The Balaban J connectivity index is 2.04. The van der Waals surface area contributed by atoms with Gasteiger partial charge in [0.25, 0.3) is 0 Å². The molecule has 0 aliphatic carbocycles. The van der Waals surface area contributed by atoms with Gasteiger partial charge in [0.15, 0.2) is 0 Å². The molecule has 72 valence electrons. The van der Waals surface area contributed by atoms with Crippen molar-refractivity contribution in [2.24, 2.45) is 0 Å². The third-order valence-electron chi connectivity index (χ3n) is 2.40. The first-order chi connectivity index (χ1) is 6.95. The Morgan fingerprint density at radius 1 is 1.50 bits per heavy atom. The van der Waals surface area contributed by atoms with Crippen LogP contribution in [0.1, 0.15) is 22.2 Å². The molecule has 4 heteroatoms. The Hall–Kier alpha value is -0.710. The zero-order chi connectivity index (χ0) is 9.38.